The second kappa shape index (κ2) is 3.42. The van der Waals surface area contributed by atoms with Gasteiger partial charge in [0.2, 0.25) is 0 Å². The molecule has 0 bridgehead atoms. The van der Waals surface area contributed by atoms with Crippen LogP contribution in [0.25, 0.3) is 10.9 Å². The summed E-state index contributed by atoms with van der Waals surface area (Å²) in [6, 6.07) is 5.65. The van der Waals surface area contributed by atoms with Crippen molar-refractivity contribution < 1.29 is 0 Å². The van der Waals surface area contributed by atoms with E-state index in [4.69, 9.17) is 0 Å². The van der Waals surface area contributed by atoms with Crippen LogP contribution in [-0.4, -0.2) is 9.55 Å². The molecule has 1 aliphatic carbocycles. The molecule has 16 heavy (non-hydrogen) atoms. The second-order valence-electron chi connectivity index (χ2n) is 4.27. The molecule has 0 saturated heterocycles. The van der Waals surface area contributed by atoms with Gasteiger partial charge in [0.25, 0.3) is 5.56 Å². The number of fused-ring (bicyclic) bond motifs is 1. The molecule has 82 valence electrons. The highest BCUT2D eigenvalue weighted by atomic mass is 79.9. The Labute approximate surface area is 101 Å². The lowest BCUT2D eigenvalue weighted by Crippen LogP contribution is -2.21. The lowest BCUT2D eigenvalue weighted by atomic mass is 10.2. The summed E-state index contributed by atoms with van der Waals surface area (Å²) in [5.74, 6) is 1.42. The normalized spacial score (nSPS) is 15.6. The van der Waals surface area contributed by atoms with Crippen molar-refractivity contribution in [2.75, 3.05) is 0 Å². The van der Waals surface area contributed by atoms with Gasteiger partial charge in [0.1, 0.15) is 5.82 Å². The fourth-order valence-electron chi connectivity index (χ4n) is 1.97. The van der Waals surface area contributed by atoms with E-state index in [-0.39, 0.29) is 5.56 Å². The van der Waals surface area contributed by atoms with Crippen LogP contribution in [0.4, 0.5) is 0 Å². The van der Waals surface area contributed by atoms with Crippen LogP contribution in [0.1, 0.15) is 24.6 Å². The molecular weight excluding hydrogens is 268 g/mol. The van der Waals surface area contributed by atoms with Crippen molar-refractivity contribution >= 4 is 26.8 Å². The minimum Gasteiger partial charge on any atom is -0.299 e. The Balaban J connectivity index is 2.38. The molecule has 0 N–H and O–H groups in total. The molecule has 4 heteroatoms. The van der Waals surface area contributed by atoms with Crippen molar-refractivity contribution in [1.82, 2.24) is 9.55 Å². The van der Waals surface area contributed by atoms with Crippen molar-refractivity contribution in [3.05, 3.63) is 38.9 Å². The zero-order valence-electron chi connectivity index (χ0n) is 8.90. The van der Waals surface area contributed by atoms with Crippen LogP contribution in [0.3, 0.4) is 0 Å². The highest BCUT2D eigenvalue weighted by molar-refractivity contribution is 9.10. The van der Waals surface area contributed by atoms with Crippen molar-refractivity contribution in [3.8, 4) is 0 Å². The molecule has 1 fully saturated rings. The van der Waals surface area contributed by atoms with Gasteiger partial charge in [-0.25, -0.2) is 4.98 Å². The van der Waals surface area contributed by atoms with E-state index in [9.17, 15) is 4.79 Å². The molecule has 0 aliphatic heterocycles. The number of nitrogens with zero attached hydrogens (tertiary/aromatic N) is 2. The molecular formula is C12H11BrN2O. The lowest BCUT2D eigenvalue weighted by Gasteiger charge is -2.07. The Hall–Kier alpha value is -1.16. The quantitative estimate of drug-likeness (QED) is 0.804. The molecule has 0 atom stereocenters. The van der Waals surface area contributed by atoms with Crippen molar-refractivity contribution in [2.24, 2.45) is 7.05 Å². The van der Waals surface area contributed by atoms with Gasteiger partial charge in [-0.3, -0.25) is 9.36 Å². The first kappa shape index (κ1) is 10.0. The first-order valence-electron chi connectivity index (χ1n) is 5.33. The minimum absolute atomic E-state index is 0.0493. The van der Waals surface area contributed by atoms with Crippen LogP contribution in [-0.2, 0) is 7.05 Å². The molecule has 0 unspecified atom stereocenters. The maximum absolute atomic E-state index is 12.1. The van der Waals surface area contributed by atoms with Crippen LogP contribution < -0.4 is 5.56 Å². The summed E-state index contributed by atoms with van der Waals surface area (Å²) in [5.41, 5.74) is 0.849. The molecule has 1 aliphatic rings. The molecule has 2 aromatic rings. The number of benzene rings is 1. The van der Waals surface area contributed by atoms with E-state index in [0.717, 1.165) is 28.7 Å². The van der Waals surface area contributed by atoms with E-state index in [1.807, 2.05) is 25.2 Å². The summed E-state index contributed by atoms with van der Waals surface area (Å²) < 4.78 is 2.60. The van der Waals surface area contributed by atoms with E-state index in [1.54, 1.807) is 4.57 Å². The maximum Gasteiger partial charge on any atom is 0.261 e. The van der Waals surface area contributed by atoms with E-state index < -0.39 is 0 Å². The molecule has 1 aromatic carbocycles. The number of rotatable bonds is 1. The molecule has 3 nitrogen and oxygen atoms in total. The topological polar surface area (TPSA) is 34.9 Å². The minimum atomic E-state index is 0.0493. The average molecular weight is 279 g/mol. The molecule has 1 heterocycles. The van der Waals surface area contributed by atoms with Crippen LogP contribution in [0, 0.1) is 0 Å². The third kappa shape index (κ3) is 1.48. The first-order valence-corrected chi connectivity index (χ1v) is 6.12. The highest BCUT2D eigenvalue weighted by Crippen LogP contribution is 2.38. The third-order valence-electron chi connectivity index (χ3n) is 3.01. The van der Waals surface area contributed by atoms with Gasteiger partial charge in [0, 0.05) is 17.4 Å². The number of halogens is 1. The van der Waals surface area contributed by atoms with Crippen molar-refractivity contribution in [3.63, 3.8) is 0 Å². The van der Waals surface area contributed by atoms with Crippen LogP contribution in [0.15, 0.2) is 27.5 Å². The SMILES string of the molecule is Cn1c(C2CC2)nc2ccc(Br)cc2c1=O. The van der Waals surface area contributed by atoms with Gasteiger partial charge in [0.05, 0.1) is 10.9 Å². The summed E-state index contributed by atoms with van der Waals surface area (Å²) in [6.45, 7) is 0. The van der Waals surface area contributed by atoms with E-state index in [0.29, 0.717) is 11.3 Å². The average Bonchev–Trinajstić information content (AvgIpc) is 3.08. The highest BCUT2D eigenvalue weighted by Gasteiger charge is 2.28. The zero-order valence-corrected chi connectivity index (χ0v) is 10.5. The first-order chi connectivity index (χ1) is 7.66. The summed E-state index contributed by atoms with van der Waals surface area (Å²) in [4.78, 5) is 16.7. The summed E-state index contributed by atoms with van der Waals surface area (Å²) in [6.07, 6.45) is 2.31. The van der Waals surface area contributed by atoms with Gasteiger partial charge in [-0.05, 0) is 31.0 Å². The van der Waals surface area contributed by atoms with Crippen LogP contribution in [0.5, 0.6) is 0 Å². The van der Waals surface area contributed by atoms with Gasteiger partial charge < -0.3 is 0 Å². The molecule has 3 rings (SSSR count). The van der Waals surface area contributed by atoms with Gasteiger partial charge in [-0.15, -0.1) is 0 Å². The summed E-state index contributed by atoms with van der Waals surface area (Å²) >= 11 is 3.37. The van der Waals surface area contributed by atoms with Crippen molar-refractivity contribution in [2.45, 2.75) is 18.8 Å². The van der Waals surface area contributed by atoms with E-state index >= 15 is 0 Å². The van der Waals surface area contributed by atoms with Gasteiger partial charge >= 0.3 is 0 Å². The van der Waals surface area contributed by atoms with Gasteiger partial charge in [0.15, 0.2) is 0 Å². The van der Waals surface area contributed by atoms with Crippen LogP contribution in [0.2, 0.25) is 0 Å². The number of hydrogen-bond acceptors (Lipinski definition) is 2. The smallest absolute Gasteiger partial charge is 0.261 e. The standard InChI is InChI=1S/C12H11BrN2O/c1-15-11(7-2-3-7)14-10-5-4-8(13)6-9(10)12(15)16/h4-7H,2-3H2,1H3. The summed E-state index contributed by atoms with van der Waals surface area (Å²) in [5, 5.41) is 0.682. The fraction of sp³-hybridized carbons (Fsp3) is 0.333. The Morgan fingerprint density at radius 3 is 2.88 bits per heavy atom. The Morgan fingerprint density at radius 1 is 1.44 bits per heavy atom. The third-order valence-corrected chi connectivity index (χ3v) is 3.51. The molecule has 0 spiro atoms. The van der Waals surface area contributed by atoms with Gasteiger partial charge in [-0.2, -0.15) is 0 Å². The monoisotopic (exact) mass is 278 g/mol. The summed E-state index contributed by atoms with van der Waals surface area (Å²) in [7, 11) is 1.81. The molecule has 1 saturated carbocycles. The Bertz CT molecular complexity index is 629. The molecule has 0 radical (unpaired) electrons. The van der Waals surface area contributed by atoms with E-state index in [1.165, 1.54) is 0 Å². The maximum atomic E-state index is 12.1. The Kier molecular flexibility index (Phi) is 2.14. The largest absolute Gasteiger partial charge is 0.299 e. The molecule has 1 aromatic heterocycles. The lowest BCUT2D eigenvalue weighted by molar-refractivity contribution is 0.745. The predicted molar refractivity (Wildman–Crippen MR) is 66.7 cm³/mol. The Morgan fingerprint density at radius 2 is 2.19 bits per heavy atom. The van der Waals surface area contributed by atoms with E-state index in [2.05, 4.69) is 20.9 Å². The predicted octanol–water partition coefficient (Wildman–Crippen LogP) is 2.57. The van der Waals surface area contributed by atoms with Gasteiger partial charge in [-0.1, -0.05) is 15.9 Å². The fourth-order valence-corrected chi connectivity index (χ4v) is 2.33. The van der Waals surface area contributed by atoms with Crippen molar-refractivity contribution in [1.29, 1.82) is 0 Å². The number of hydrogen-bond donors (Lipinski definition) is 0. The van der Waals surface area contributed by atoms with Crippen LogP contribution >= 0.6 is 15.9 Å². The molecule has 0 amide bonds. The second-order valence-corrected chi connectivity index (χ2v) is 5.19. The number of aromatic nitrogens is 2. The zero-order chi connectivity index (χ0) is 11.3.